The molecule has 0 aliphatic rings. The Kier molecular flexibility index (Phi) is 1.51. The molecule has 0 saturated heterocycles. The largest absolute Gasteiger partial charge is 0.478 e. The molecule has 0 atom stereocenters. The smallest absolute Gasteiger partial charge is 0.337 e. The Morgan fingerprint density at radius 3 is 3.08 bits per heavy atom. The molecule has 13 heavy (non-hydrogen) atoms. The van der Waals surface area contributed by atoms with E-state index in [2.05, 4.69) is 9.97 Å². The zero-order valence-corrected chi connectivity index (χ0v) is 6.41. The van der Waals surface area contributed by atoms with Gasteiger partial charge in [-0.2, -0.15) is 0 Å². The number of aromatic nitrogens is 2. The van der Waals surface area contributed by atoms with Crippen LogP contribution in [0.15, 0.2) is 18.5 Å². The number of halogens is 1. The normalized spacial score (nSPS) is 10.5. The van der Waals surface area contributed by atoms with E-state index in [0.717, 1.165) is 6.20 Å². The van der Waals surface area contributed by atoms with Gasteiger partial charge in [-0.25, -0.2) is 9.18 Å². The molecule has 0 radical (unpaired) electrons. The van der Waals surface area contributed by atoms with Crippen molar-refractivity contribution in [2.75, 3.05) is 0 Å². The van der Waals surface area contributed by atoms with Crippen LogP contribution < -0.4 is 0 Å². The van der Waals surface area contributed by atoms with E-state index >= 15 is 0 Å². The van der Waals surface area contributed by atoms with Crippen LogP contribution in [-0.2, 0) is 0 Å². The lowest BCUT2D eigenvalue weighted by molar-refractivity contribution is 0.0699. The number of carboxylic acid groups (broad SMARTS) is 1. The molecule has 2 aromatic rings. The molecule has 0 aromatic carbocycles. The molecule has 66 valence electrons. The average molecular weight is 180 g/mol. The number of H-pyrrole nitrogens is 1. The molecule has 0 bridgehead atoms. The fraction of sp³-hybridized carbons (Fsp3) is 0. The predicted molar refractivity (Wildman–Crippen MR) is 43.0 cm³/mol. The number of nitrogens with one attached hydrogen (secondary N) is 1. The van der Waals surface area contributed by atoms with Crippen molar-refractivity contribution < 1.29 is 14.3 Å². The SMILES string of the molecule is O=C(O)c1ccnc2c(F)c[nH]c12. The standard InChI is InChI=1S/C8H5FN2O2/c9-5-3-11-6-4(8(12)13)1-2-10-7(5)6/h1-3,11H,(H,12,13). The molecular weight excluding hydrogens is 175 g/mol. The highest BCUT2D eigenvalue weighted by Crippen LogP contribution is 2.17. The molecule has 0 spiro atoms. The number of aromatic amines is 1. The van der Waals surface area contributed by atoms with Gasteiger partial charge in [0.25, 0.3) is 0 Å². The maximum atomic E-state index is 12.9. The number of carboxylic acids is 1. The van der Waals surface area contributed by atoms with Gasteiger partial charge in [-0.05, 0) is 6.07 Å². The molecule has 4 nitrogen and oxygen atoms in total. The lowest BCUT2D eigenvalue weighted by atomic mass is 10.2. The van der Waals surface area contributed by atoms with Crippen LogP contribution in [0.2, 0.25) is 0 Å². The van der Waals surface area contributed by atoms with Gasteiger partial charge in [-0.3, -0.25) is 4.98 Å². The van der Waals surface area contributed by atoms with Crippen LogP contribution in [-0.4, -0.2) is 21.0 Å². The van der Waals surface area contributed by atoms with Crippen LogP contribution in [0.3, 0.4) is 0 Å². The van der Waals surface area contributed by atoms with Gasteiger partial charge in [0, 0.05) is 12.4 Å². The number of rotatable bonds is 1. The number of hydrogen-bond acceptors (Lipinski definition) is 2. The summed E-state index contributed by atoms with van der Waals surface area (Å²) in [7, 11) is 0. The number of fused-ring (bicyclic) bond motifs is 1. The van der Waals surface area contributed by atoms with Crippen LogP contribution in [0.25, 0.3) is 11.0 Å². The lowest BCUT2D eigenvalue weighted by Gasteiger charge is -1.94. The third-order valence-corrected chi connectivity index (χ3v) is 1.75. The molecule has 0 amide bonds. The predicted octanol–water partition coefficient (Wildman–Crippen LogP) is 1.40. The summed E-state index contributed by atoms with van der Waals surface area (Å²) in [6.07, 6.45) is 2.35. The molecule has 2 aromatic heterocycles. The summed E-state index contributed by atoms with van der Waals surface area (Å²) >= 11 is 0. The van der Waals surface area contributed by atoms with Crippen molar-refractivity contribution in [3.05, 3.63) is 29.8 Å². The fourth-order valence-electron chi connectivity index (χ4n) is 1.17. The Bertz CT molecular complexity index is 478. The Labute approximate surface area is 72.0 Å². The first-order valence-corrected chi connectivity index (χ1v) is 3.55. The van der Waals surface area contributed by atoms with E-state index in [0.29, 0.717) is 0 Å². The van der Waals surface area contributed by atoms with Crippen molar-refractivity contribution in [2.24, 2.45) is 0 Å². The first kappa shape index (κ1) is 7.72. The molecule has 0 unspecified atom stereocenters. The van der Waals surface area contributed by atoms with Gasteiger partial charge in [0.2, 0.25) is 0 Å². The monoisotopic (exact) mass is 180 g/mol. The van der Waals surface area contributed by atoms with E-state index in [9.17, 15) is 9.18 Å². The molecule has 2 N–H and O–H groups in total. The quantitative estimate of drug-likeness (QED) is 0.697. The zero-order valence-electron chi connectivity index (χ0n) is 6.41. The van der Waals surface area contributed by atoms with Crippen molar-refractivity contribution in [1.82, 2.24) is 9.97 Å². The summed E-state index contributed by atoms with van der Waals surface area (Å²) in [4.78, 5) is 16.9. The van der Waals surface area contributed by atoms with E-state index in [-0.39, 0.29) is 16.6 Å². The second-order valence-corrected chi connectivity index (χ2v) is 2.52. The van der Waals surface area contributed by atoms with E-state index in [1.165, 1.54) is 12.3 Å². The third kappa shape index (κ3) is 1.05. The minimum atomic E-state index is -1.10. The van der Waals surface area contributed by atoms with Crippen molar-refractivity contribution >= 4 is 17.0 Å². The highest BCUT2D eigenvalue weighted by molar-refractivity contribution is 6.00. The minimum Gasteiger partial charge on any atom is -0.478 e. The number of nitrogens with zero attached hydrogens (tertiary/aromatic N) is 1. The van der Waals surface area contributed by atoms with Crippen LogP contribution in [0.1, 0.15) is 10.4 Å². The van der Waals surface area contributed by atoms with Gasteiger partial charge in [0.1, 0.15) is 5.52 Å². The summed E-state index contributed by atoms with van der Waals surface area (Å²) in [5.41, 5.74) is 0.293. The maximum Gasteiger partial charge on any atom is 0.337 e. The van der Waals surface area contributed by atoms with Crippen LogP contribution in [0.4, 0.5) is 4.39 Å². The molecule has 0 saturated carbocycles. The van der Waals surface area contributed by atoms with Gasteiger partial charge in [0.15, 0.2) is 5.82 Å². The van der Waals surface area contributed by atoms with Crippen LogP contribution in [0.5, 0.6) is 0 Å². The fourth-order valence-corrected chi connectivity index (χ4v) is 1.17. The van der Waals surface area contributed by atoms with Crippen LogP contribution >= 0.6 is 0 Å². The Morgan fingerprint density at radius 1 is 1.62 bits per heavy atom. The Balaban J connectivity index is 2.84. The molecule has 5 heteroatoms. The summed E-state index contributed by atoms with van der Waals surface area (Å²) in [5.74, 6) is -1.65. The highest BCUT2D eigenvalue weighted by Gasteiger charge is 2.12. The molecule has 2 rings (SSSR count). The van der Waals surface area contributed by atoms with E-state index in [1.807, 2.05) is 0 Å². The molecule has 0 aliphatic carbocycles. The number of hydrogen-bond donors (Lipinski definition) is 2. The maximum absolute atomic E-state index is 12.9. The van der Waals surface area contributed by atoms with Crippen molar-refractivity contribution in [1.29, 1.82) is 0 Å². The van der Waals surface area contributed by atoms with E-state index < -0.39 is 11.8 Å². The van der Waals surface area contributed by atoms with Crippen molar-refractivity contribution in [3.63, 3.8) is 0 Å². The van der Waals surface area contributed by atoms with Gasteiger partial charge in [-0.1, -0.05) is 0 Å². The molecule has 0 fully saturated rings. The molecule has 2 heterocycles. The Morgan fingerprint density at radius 2 is 2.38 bits per heavy atom. The van der Waals surface area contributed by atoms with E-state index in [4.69, 9.17) is 5.11 Å². The number of pyridine rings is 1. The number of carbonyl (C=O) groups is 1. The second kappa shape index (κ2) is 2.55. The average Bonchev–Trinajstić information content (AvgIpc) is 2.48. The lowest BCUT2D eigenvalue weighted by Crippen LogP contribution is -1.97. The number of aromatic carboxylic acids is 1. The second-order valence-electron chi connectivity index (χ2n) is 2.52. The molecular formula is C8H5FN2O2. The first-order chi connectivity index (χ1) is 6.20. The van der Waals surface area contributed by atoms with Crippen LogP contribution in [0, 0.1) is 5.82 Å². The van der Waals surface area contributed by atoms with Gasteiger partial charge in [-0.15, -0.1) is 0 Å². The van der Waals surface area contributed by atoms with Gasteiger partial charge < -0.3 is 10.1 Å². The third-order valence-electron chi connectivity index (χ3n) is 1.75. The minimum absolute atomic E-state index is 0.0221. The first-order valence-electron chi connectivity index (χ1n) is 3.55. The molecule has 0 aliphatic heterocycles. The summed E-state index contributed by atoms with van der Waals surface area (Å²) in [5, 5.41) is 8.72. The summed E-state index contributed by atoms with van der Waals surface area (Å²) in [6, 6.07) is 1.32. The van der Waals surface area contributed by atoms with Crippen molar-refractivity contribution in [2.45, 2.75) is 0 Å². The van der Waals surface area contributed by atoms with Gasteiger partial charge in [0.05, 0.1) is 11.1 Å². The summed E-state index contributed by atoms with van der Waals surface area (Å²) in [6.45, 7) is 0. The Hall–Kier alpha value is -1.91. The van der Waals surface area contributed by atoms with E-state index in [1.54, 1.807) is 0 Å². The van der Waals surface area contributed by atoms with Crippen molar-refractivity contribution in [3.8, 4) is 0 Å². The highest BCUT2D eigenvalue weighted by atomic mass is 19.1. The summed E-state index contributed by atoms with van der Waals surface area (Å²) < 4.78 is 12.9. The zero-order chi connectivity index (χ0) is 9.42. The van der Waals surface area contributed by atoms with Gasteiger partial charge >= 0.3 is 5.97 Å². The topological polar surface area (TPSA) is 66.0 Å².